The zero-order valence-electron chi connectivity index (χ0n) is 13.3. The van der Waals surface area contributed by atoms with Crippen LogP contribution in [0.2, 0.25) is 0 Å². The lowest BCUT2D eigenvalue weighted by molar-refractivity contribution is 0.315. The monoisotopic (exact) mass is 341 g/mol. The average Bonchev–Trinajstić information content (AvgIpc) is 3.36. The molecule has 4 aromatic rings. The number of hydrogen-bond donors (Lipinski definition) is 2. The van der Waals surface area contributed by atoms with Crippen LogP contribution in [0.1, 0.15) is 22.6 Å². The summed E-state index contributed by atoms with van der Waals surface area (Å²) in [5.41, 5.74) is 5.18. The second-order valence-electron chi connectivity index (χ2n) is 5.85. The molecule has 1 aromatic carbocycles. The minimum Gasteiger partial charge on any atom is -0.349 e. The fourth-order valence-electron chi connectivity index (χ4n) is 3.33. The maximum atomic E-state index is 7.84. The number of H-pyrrole nitrogens is 1. The van der Waals surface area contributed by atoms with Crippen molar-refractivity contribution in [2.45, 2.75) is 5.92 Å². The lowest BCUT2D eigenvalue weighted by Gasteiger charge is -2.26. The van der Waals surface area contributed by atoms with Gasteiger partial charge in [-0.1, -0.05) is 12.1 Å². The first-order valence-electron chi connectivity index (χ1n) is 7.90. The van der Waals surface area contributed by atoms with Crippen LogP contribution in [0.25, 0.3) is 21.6 Å². The van der Waals surface area contributed by atoms with Gasteiger partial charge in [-0.2, -0.15) is 5.10 Å². The van der Waals surface area contributed by atoms with E-state index in [0.717, 1.165) is 28.2 Å². The minimum absolute atomic E-state index is 0.332. The van der Waals surface area contributed by atoms with E-state index < -0.39 is 0 Å². The maximum Gasteiger partial charge on any atom is 0.200 e. The minimum atomic E-state index is -0.332. The number of nitrogens with one attached hydrogen (secondary N) is 2. The van der Waals surface area contributed by atoms with Crippen molar-refractivity contribution in [3.05, 3.63) is 82.7 Å². The number of aromatic nitrogens is 5. The Labute approximate surface area is 147 Å². The van der Waals surface area contributed by atoms with Crippen LogP contribution in [0.5, 0.6) is 0 Å². The average molecular weight is 341 g/mol. The van der Waals surface area contributed by atoms with E-state index in [1.54, 1.807) is 18.6 Å². The molecule has 0 amide bonds. The molecule has 26 heavy (non-hydrogen) atoms. The molecule has 0 saturated heterocycles. The third-order valence-corrected chi connectivity index (χ3v) is 4.48. The Morgan fingerprint density at radius 1 is 1.08 bits per heavy atom. The third kappa shape index (κ3) is 2.01. The summed E-state index contributed by atoms with van der Waals surface area (Å²) in [6, 6.07) is 9.39. The van der Waals surface area contributed by atoms with E-state index in [1.165, 1.54) is 0 Å². The molecule has 1 aliphatic heterocycles. The van der Waals surface area contributed by atoms with Gasteiger partial charge in [0.1, 0.15) is 16.9 Å². The standard InChI is InChI=1S/C18H11N7O/c1-19-17-14(11-3-2-4-13-16(11)25-26-24-13)12-9-21-23-18(12)22-15(17)10-5-7-20-8-6-10/h2-9,14H,(H2,21,22,23). The van der Waals surface area contributed by atoms with Gasteiger partial charge in [0.05, 0.1) is 18.7 Å². The summed E-state index contributed by atoms with van der Waals surface area (Å²) in [5.74, 6) is 0.420. The summed E-state index contributed by atoms with van der Waals surface area (Å²) in [6.07, 6.45) is 5.13. The maximum absolute atomic E-state index is 7.84. The van der Waals surface area contributed by atoms with Crippen LogP contribution >= 0.6 is 0 Å². The van der Waals surface area contributed by atoms with Gasteiger partial charge in [-0.05, 0) is 39.6 Å². The molecule has 0 radical (unpaired) electrons. The summed E-state index contributed by atoms with van der Waals surface area (Å²) in [7, 11) is 0. The molecule has 1 unspecified atom stereocenters. The zero-order valence-corrected chi connectivity index (χ0v) is 13.3. The van der Waals surface area contributed by atoms with Gasteiger partial charge in [-0.15, -0.1) is 0 Å². The van der Waals surface area contributed by atoms with Gasteiger partial charge in [0.15, 0.2) is 0 Å². The number of aromatic amines is 1. The molecule has 4 heterocycles. The highest BCUT2D eigenvalue weighted by Crippen LogP contribution is 2.45. The molecule has 3 aromatic heterocycles. The predicted octanol–water partition coefficient (Wildman–Crippen LogP) is 3.19. The van der Waals surface area contributed by atoms with Crippen molar-refractivity contribution in [1.29, 1.82) is 0 Å². The second kappa shape index (κ2) is 5.53. The highest BCUT2D eigenvalue weighted by Gasteiger charge is 2.34. The smallest absolute Gasteiger partial charge is 0.200 e. The molecule has 0 saturated carbocycles. The fourth-order valence-corrected chi connectivity index (χ4v) is 3.33. The van der Waals surface area contributed by atoms with Crippen molar-refractivity contribution in [3.8, 4) is 0 Å². The van der Waals surface area contributed by atoms with Gasteiger partial charge in [0.25, 0.3) is 0 Å². The van der Waals surface area contributed by atoms with Gasteiger partial charge >= 0.3 is 0 Å². The van der Waals surface area contributed by atoms with Crippen LogP contribution in [0, 0.1) is 6.57 Å². The Kier molecular flexibility index (Phi) is 3.05. The third-order valence-electron chi connectivity index (χ3n) is 4.48. The van der Waals surface area contributed by atoms with Gasteiger partial charge in [-0.3, -0.25) is 10.1 Å². The highest BCUT2D eigenvalue weighted by molar-refractivity contribution is 5.88. The fraction of sp³-hybridized carbons (Fsp3) is 0.0556. The first-order valence-corrected chi connectivity index (χ1v) is 7.90. The number of allylic oxidation sites excluding steroid dienone is 1. The lowest BCUT2D eigenvalue weighted by atomic mass is 9.85. The molecule has 0 spiro atoms. The SMILES string of the molecule is [C-]#[N+]C1=C(c2ccncc2)Nc2[nH]ncc2C1c1cccc2nonc12. The highest BCUT2D eigenvalue weighted by atomic mass is 16.6. The molecule has 124 valence electrons. The number of benzene rings is 1. The molecule has 5 rings (SSSR count). The Morgan fingerprint density at radius 3 is 2.81 bits per heavy atom. The van der Waals surface area contributed by atoms with Crippen LogP contribution in [0.15, 0.2) is 59.2 Å². The van der Waals surface area contributed by atoms with Crippen LogP contribution in [0.4, 0.5) is 5.82 Å². The number of anilines is 1. The van der Waals surface area contributed by atoms with Crippen molar-refractivity contribution >= 4 is 22.5 Å². The number of hydrogen-bond acceptors (Lipinski definition) is 6. The van der Waals surface area contributed by atoms with E-state index >= 15 is 0 Å². The normalized spacial score (nSPS) is 16.2. The van der Waals surface area contributed by atoms with Crippen LogP contribution in [-0.4, -0.2) is 25.5 Å². The first kappa shape index (κ1) is 14.4. The molecule has 0 fully saturated rings. The Hall–Kier alpha value is -3.99. The van der Waals surface area contributed by atoms with Crippen molar-refractivity contribution in [1.82, 2.24) is 25.5 Å². The molecule has 8 nitrogen and oxygen atoms in total. The largest absolute Gasteiger partial charge is 0.349 e. The Morgan fingerprint density at radius 2 is 1.96 bits per heavy atom. The summed E-state index contributed by atoms with van der Waals surface area (Å²) >= 11 is 0. The number of nitrogens with zero attached hydrogens (tertiary/aromatic N) is 5. The van der Waals surface area contributed by atoms with Crippen LogP contribution in [-0.2, 0) is 0 Å². The number of rotatable bonds is 2. The van der Waals surface area contributed by atoms with E-state index in [0.29, 0.717) is 16.7 Å². The molecule has 0 bridgehead atoms. The van der Waals surface area contributed by atoms with Crippen molar-refractivity contribution in [3.63, 3.8) is 0 Å². The molecule has 2 N–H and O–H groups in total. The van der Waals surface area contributed by atoms with Gasteiger partial charge in [0.2, 0.25) is 5.70 Å². The number of pyridine rings is 1. The quantitative estimate of drug-likeness (QED) is 0.544. The summed E-state index contributed by atoms with van der Waals surface area (Å²) in [5, 5.41) is 18.4. The summed E-state index contributed by atoms with van der Waals surface area (Å²) in [6.45, 7) is 7.84. The van der Waals surface area contributed by atoms with Crippen molar-refractivity contribution in [2.75, 3.05) is 5.32 Å². The second-order valence-corrected chi connectivity index (χ2v) is 5.85. The molecule has 1 atom stereocenters. The van der Waals surface area contributed by atoms with Crippen LogP contribution < -0.4 is 5.32 Å². The lowest BCUT2D eigenvalue weighted by Crippen LogP contribution is -2.16. The zero-order chi connectivity index (χ0) is 17.5. The molecule has 0 aliphatic carbocycles. The summed E-state index contributed by atoms with van der Waals surface area (Å²) in [4.78, 5) is 7.92. The number of fused-ring (bicyclic) bond motifs is 2. The molecule has 1 aliphatic rings. The van der Waals surface area contributed by atoms with Gasteiger partial charge < -0.3 is 5.32 Å². The molecular formula is C18H11N7O. The summed E-state index contributed by atoms with van der Waals surface area (Å²) < 4.78 is 4.91. The van der Waals surface area contributed by atoms with Gasteiger partial charge in [0, 0.05) is 23.7 Å². The Balaban J connectivity index is 1.81. The molecule has 8 heteroatoms. The van der Waals surface area contributed by atoms with Crippen LogP contribution in [0.3, 0.4) is 0 Å². The predicted molar refractivity (Wildman–Crippen MR) is 93.6 cm³/mol. The molecular weight excluding hydrogens is 330 g/mol. The van der Waals surface area contributed by atoms with E-state index in [4.69, 9.17) is 11.2 Å². The van der Waals surface area contributed by atoms with E-state index in [2.05, 4.69) is 35.7 Å². The van der Waals surface area contributed by atoms with E-state index in [-0.39, 0.29) is 5.92 Å². The van der Waals surface area contributed by atoms with Crippen molar-refractivity contribution in [2.24, 2.45) is 0 Å². The van der Waals surface area contributed by atoms with Gasteiger partial charge in [-0.25, -0.2) is 9.47 Å². The van der Waals surface area contributed by atoms with E-state index in [9.17, 15) is 0 Å². The topological polar surface area (TPSA) is 96.9 Å². The van der Waals surface area contributed by atoms with E-state index in [1.807, 2.05) is 30.3 Å². The first-order chi connectivity index (χ1) is 12.9. The Bertz CT molecular complexity index is 1180. The van der Waals surface area contributed by atoms with Crippen molar-refractivity contribution < 1.29 is 4.63 Å².